The van der Waals surface area contributed by atoms with E-state index in [-0.39, 0.29) is 11.9 Å². The molecule has 0 aliphatic carbocycles. The zero-order valence-corrected chi connectivity index (χ0v) is 10.7. The highest BCUT2D eigenvalue weighted by Gasteiger charge is 2.17. The highest BCUT2D eigenvalue weighted by Crippen LogP contribution is 2.15. The second kappa shape index (κ2) is 8.75. The minimum Gasteiger partial charge on any atom is -0.465 e. The fraction of sp³-hybridized carbons (Fsp3) is 0.923. The van der Waals surface area contributed by atoms with E-state index in [1.807, 2.05) is 0 Å². The van der Waals surface area contributed by atoms with E-state index in [9.17, 15) is 4.79 Å². The predicted octanol–water partition coefficient (Wildman–Crippen LogP) is 3.79. The topological polar surface area (TPSA) is 26.3 Å². The molecule has 0 aliphatic heterocycles. The number of ether oxygens (including phenoxy) is 1. The van der Waals surface area contributed by atoms with Crippen LogP contribution in [0.2, 0.25) is 0 Å². The van der Waals surface area contributed by atoms with Crippen LogP contribution in [0.4, 0.5) is 0 Å². The second-order valence-corrected chi connectivity index (χ2v) is 4.21. The molecule has 0 rings (SSSR count). The molecule has 1 unspecified atom stereocenters. The van der Waals surface area contributed by atoms with Crippen LogP contribution in [0, 0.1) is 11.8 Å². The molecule has 0 radical (unpaired) electrons. The lowest BCUT2D eigenvalue weighted by Gasteiger charge is -2.16. The summed E-state index contributed by atoms with van der Waals surface area (Å²) in [6.07, 6.45) is 5.09. The summed E-state index contributed by atoms with van der Waals surface area (Å²) in [5.41, 5.74) is 0. The maximum atomic E-state index is 11.7. The Morgan fingerprint density at radius 3 is 2.07 bits per heavy atom. The molecule has 0 aromatic heterocycles. The van der Waals surface area contributed by atoms with Crippen LogP contribution >= 0.6 is 0 Å². The molecule has 0 saturated carbocycles. The van der Waals surface area contributed by atoms with Gasteiger partial charge in [0.25, 0.3) is 0 Å². The van der Waals surface area contributed by atoms with Crippen LogP contribution in [0.1, 0.15) is 59.8 Å². The third-order valence-corrected chi connectivity index (χ3v) is 3.08. The first-order chi connectivity index (χ1) is 7.19. The lowest BCUT2D eigenvalue weighted by molar-refractivity contribution is -0.150. The molecule has 2 heteroatoms. The molecule has 0 aliphatic rings. The van der Waals surface area contributed by atoms with Crippen molar-refractivity contribution in [3.8, 4) is 0 Å². The van der Waals surface area contributed by atoms with Crippen molar-refractivity contribution in [2.75, 3.05) is 6.61 Å². The number of carbonyl (C=O) groups excluding carboxylic acids is 1. The fourth-order valence-corrected chi connectivity index (χ4v) is 1.68. The summed E-state index contributed by atoms with van der Waals surface area (Å²) in [5, 5.41) is 0. The molecule has 90 valence electrons. The molecule has 0 bridgehead atoms. The Kier molecular flexibility index (Phi) is 8.44. The number of rotatable bonds is 8. The maximum Gasteiger partial charge on any atom is 0.308 e. The van der Waals surface area contributed by atoms with E-state index >= 15 is 0 Å². The fourth-order valence-electron chi connectivity index (χ4n) is 1.68. The van der Waals surface area contributed by atoms with Crippen molar-refractivity contribution >= 4 is 5.97 Å². The number of hydrogen-bond donors (Lipinski definition) is 0. The van der Waals surface area contributed by atoms with Gasteiger partial charge in [-0.1, -0.05) is 47.0 Å². The first-order valence-electron chi connectivity index (χ1n) is 6.36. The normalized spacial score (nSPS) is 12.9. The highest BCUT2D eigenvalue weighted by atomic mass is 16.5. The minimum atomic E-state index is 0.00579. The van der Waals surface area contributed by atoms with Crippen LogP contribution < -0.4 is 0 Å². The number of esters is 1. The molecule has 0 heterocycles. The molecular weight excluding hydrogens is 188 g/mol. The molecule has 0 aromatic carbocycles. The summed E-state index contributed by atoms with van der Waals surface area (Å²) in [7, 11) is 0. The lowest BCUT2D eigenvalue weighted by atomic mass is 10.0. The Balaban J connectivity index is 3.88. The molecule has 15 heavy (non-hydrogen) atoms. The molecule has 1 atom stereocenters. The van der Waals surface area contributed by atoms with Crippen molar-refractivity contribution in [1.82, 2.24) is 0 Å². The van der Waals surface area contributed by atoms with Crippen LogP contribution in [0.15, 0.2) is 0 Å². The summed E-state index contributed by atoms with van der Waals surface area (Å²) < 4.78 is 5.35. The van der Waals surface area contributed by atoms with Gasteiger partial charge >= 0.3 is 5.97 Å². The number of carbonyl (C=O) groups is 1. The van der Waals surface area contributed by atoms with Gasteiger partial charge in [-0.05, 0) is 18.8 Å². The average molecular weight is 214 g/mol. The van der Waals surface area contributed by atoms with Gasteiger partial charge in [-0.15, -0.1) is 0 Å². The summed E-state index contributed by atoms with van der Waals surface area (Å²) in [6, 6.07) is 0. The van der Waals surface area contributed by atoms with Gasteiger partial charge in [0.05, 0.1) is 12.5 Å². The van der Waals surface area contributed by atoms with Crippen molar-refractivity contribution in [2.24, 2.45) is 11.8 Å². The standard InChI is InChI=1S/C13H26O2/c1-5-9-12(8-4)13(14)15-10-11(6-2)7-3/h11-12H,5-10H2,1-4H3. The van der Waals surface area contributed by atoms with E-state index in [0.717, 1.165) is 32.1 Å². The molecule has 0 aromatic rings. The monoisotopic (exact) mass is 214 g/mol. The van der Waals surface area contributed by atoms with Crippen LogP contribution in [-0.2, 0) is 9.53 Å². The van der Waals surface area contributed by atoms with Crippen molar-refractivity contribution in [2.45, 2.75) is 59.8 Å². The van der Waals surface area contributed by atoms with E-state index in [1.165, 1.54) is 0 Å². The Hall–Kier alpha value is -0.530. The van der Waals surface area contributed by atoms with Crippen molar-refractivity contribution in [1.29, 1.82) is 0 Å². The van der Waals surface area contributed by atoms with Crippen LogP contribution in [0.25, 0.3) is 0 Å². The Morgan fingerprint density at radius 2 is 1.67 bits per heavy atom. The first-order valence-corrected chi connectivity index (χ1v) is 6.36. The SMILES string of the molecule is CCCC(CC)C(=O)OCC(CC)CC. The van der Waals surface area contributed by atoms with E-state index in [1.54, 1.807) is 0 Å². The summed E-state index contributed by atoms with van der Waals surface area (Å²) in [4.78, 5) is 11.7. The average Bonchev–Trinajstić information content (AvgIpc) is 2.26. The van der Waals surface area contributed by atoms with Gasteiger partial charge in [0.15, 0.2) is 0 Å². The predicted molar refractivity (Wildman–Crippen MR) is 63.7 cm³/mol. The summed E-state index contributed by atoms with van der Waals surface area (Å²) >= 11 is 0. The van der Waals surface area contributed by atoms with Crippen LogP contribution in [0.3, 0.4) is 0 Å². The Labute approximate surface area is 94.4 Å². The van der Waals surface area contributed by atoms with E-state index < -0.39 is 0 Å². The molecule has 0 spiro atoms. The summed E-state index contributed by atoms with van der Waals surface area (Å²) in [6.45, 7) is 9.05. The van der Waals surface area contributed by atoms with Crippen molar-refractivity contribution in [3.63, 3.8) is 0 Å². The molecular formula is C13H26O2. The first kappa shape index (κ1) is 14.5. The third kappa shape index (κ3) is 5.81. The molecule has 0 N–H and O–H groups in total. The number of hydrogen-bond acceptors (Lipinski definition) is 2. The van der Waals surface area contributed by atoms with Gasteiger partial charge in [0.2, 0.25) is 0 Å². The Morgan fingerprint density at radius 1 is 1.07 bits per heavy atom. The Bertz CT molecular complexity index is 162. The molecule has 0 fully saturated rings. The van der Waals surface area contributed by atoms with Crippen LogP contribution in [-0.4, -0.2) is 12.6 Å². The van der Waals surface area contributed by atoms with Crippen LogP contribution in [0.5, 0.6) is 0 Å². The van der Waals surface area contributed by atoms with Crippen molar-refractivity contribution in [3.05, 3.63) is 0 Å². The third-order valence-electron chi connectivity index (χ3n) is 3.08. The van der Waals surface area contributed by atoms with Gasteiger partial charge in [-0.3, -0.25) is 4.79 Å². The van der Waals surface area contributed by atoms with Gasteiger partial charge < -0.3 is 4.74 Å². The van der Waals surface area contributed by atoms with Gasteiger partial charge in [-0.2, -0.15) is 0 Å². The smallest absolute Gasteiger partial charge is 0.308 e. The summed E-state index contributed by atoms with van der Waals surface area (Å²) in [5.74, 6) is 0.656. The molecule has 2 nitrogen and oxygen atoms in total. The highest BCUT2D eigenvalue weighted by molar-refractivity contribution is 5.72. The van der Waals surface area contributed by atoms with Gasteiger partial charge in [0.1, 0.15) is 0 Å². The molecule has 0 amide bonds. The molecule has 0 saturated heterocycles. The zero-order valence-electron chi connectivity index (χ0n) is 10.7. The van der Waals surface area contributed by atoms with E-state index in [0.29, 0.717) is 12.5 Å². The zero-order chi connectivity index (χ0) is 11.7. The van der Waals surface area contributed by atoms with Crippen molar-refractivity contribution < 1.29 is 9.53 Å². The van der Waals surface area contributed by atoms with E-state index in [2.05, 4.69) is 27.7 Å². The van der Waals surface area contributed by atoms with E-state index in [4.69, 9.17) is 4.74 Å². The van der Waals surface area contributed by atoms with Gasteiger partial charge in [0, 0.05) is 0 Å². The quantitative estimate of drug-likeness (QED) is 0.575. The maximum absolute atomic E-state index is 11.7. The minimum absolute atomic E-state index is 0.00579. The largest absolute Gasteiger partial charge is 0.465 e. The second-order valence-electron chi connectivity index (χ2n) is 4.21. The lowest BCUT2D eigenvalue weighted by Crippen LogP contribution is -2.20. The van der Waals surface area contributed by atoms with Gasteiger partial charge in [-0.25, -0.2) is 0 Å².